The molecule has 0 aliphatic heterocycles. The summed E-state index contributed by atoms with van der Waals surface area (Å²) in [6.45, 7) is 2.69. The fourth-order valence-electron chi connectivity index (χ4n) is 5.41. The third-order valence-electron chi connectivity index (χ3n) is 7.40. The maximum atomic E-state index is 10.5. The highest BCUT2D eigenvalue weighted by Gasteiger charge is 2.17. The van der Waals surface area contributed by atoms with E-state index in [1.54, 1.807) is 6.20 Å². The first-order chi connectivity index (χ1) is 17.8. The van der Waals surface area contributed by atoms with Gasteiger partial charge in [0.15, 0.2) is 0 Å². The Labute approximate surface area is 238 Å². The number of nitrogens with zero attached hydrogens (tertiary/aromatic N) is 2. The number of benzene rings is 2. The van der Waals surface area contributed by atoms with Crippen LogP contribution in [-0.2, 0) is 19.4 Å². The number of unbranched alkanes of at least 4 members (excludes halogenated alkanes) is 5. The molecule has 204 valence electrons. The molecule has 0 amide bonds. The van der Waals surface area contributed by atoms with Crippen molar-refractivity contribution in [2.45, 2.75) is 70.8 Å². The molecule has 0 spiro atoms. The van der Waals surface area contributed by atoms with Crippen LogP contribution in [0.5, 0.6) is 5.75 Å². The molecule has 0 unspecified atom stereocenters. The molecule has 38 heavy (non-hydrogen) atoms. The van der Waals surface area contributed by atoms with Crippen LogP contribution in [0.3, 0.4) is 0 Å². The minimum atomic E-state index is 0. The number of anilines is 1. The number of phenols is 1. The van der Waals surface area contributed by atoms with Crippen LogP contribution in [-0.4, -0.2) is 28.2 Å². The van der Waals surface area contributed by atoms with Crippen LogP contribution in [0, 0.1) is 0 Å². The third-order valence-corrected chi connectivity index (χ3v) is 7.40. The minimum absolute atomic E-state index is 0. The van der Waals surface area contributed by atoms with E-state index in [0.29, 0.717) is 17.8 Å². The highest BCUT2D eigenvalue weighted by atomic mass is 35.5. The molecule has 3 N–H and O–H groups in total. The van der Waals surface area contributed by atoms with Gasteiger partial charge in [0, 0.05) is 47.0 Å². The third kappa shape index (κ3) is 7.28. The Morgan fingerprint density at radius 3 is 2.42 bits per heavy atom. The van der Waals surface area contributed by atoms with Gasteiger partial charge in [-0.1, -0.05) is 62.1 Å². The predicted octanol–water partition coefficient (Wildman–Crippen LogP) is 7.75. The van der Waals surface area contributed by atoms with Crippen LogP contribution in [0.15, 0.2) is 54.7 Å². The molecular formula is C31H40Cl2N4O. The molecule has 5 nitrogen and oxygen atoms in total. The Morgan fingerprint density at radius 1 is 0.789 bits per heavy atom. The highest BCUT2D eigenvalue weighted by molar-refractivity contribution is 5.93. The molecule has 2 aromatic heterocycles. The number of pyridine rings is 2. The fourth-order valence-corrected chi connectivity index (χ4v) is 5.41. The van der Waals surface area contributed by atoms with E-state index in [4.69, 9.17) is 4.98 Å². The molecule has 4 aromatic rings. The van der Waals surface area contributed by atoms with Gasteiger partial charge < -0.3 is 15.7 Å². The normalized spacial score (nSPS) is 12.5. The molecule has 0 fully saturated rings. The van der Waals surface area contributed by atoms with Crippen molar-refractivity contribution in [2.24, 2.45) is 0 Å². The summed E-state index contributed by atoms with van der Waals surface area (Å²) in [6, 6.07) is 16.5. The van der Waals surface area contributed by atoms with Crippen LogP contribution < -0.4 is 10.6 Å². The molecule has 1 aliphatic rings. The summed E-state index contributed by atoms with van der Waals surface area (Å²) in [5.41, 5.74) is 6.83. The Morgan fingerprint density at radius 2 is 1.55 bits per heavy atom. The molecule has 1 aliphatic carbocycles. The molecule has 7 heteroatoms. The predicted molar refractivity (Wildman–Crippen MR) is 164 cm³/mol. The zero-order chi connectivity index (χ0) is 24.6. The number of aromatic nitrogens is 2. The number of nitrogens with one attached hydrogen (secondary N) is 2. The van der Waals surface area contributed by atoms with Crippen molar-refractivity contribution in [3.8, 4) is 5.75 Å². The van der Waals surface area contributed by atoms with Crippen molar-refractivity contribution in [3.05, 3.63) is 71.5 Å². The second kappa shape index (κ2) is 15.1. The number of para-hydroxylation sites is 1. The summed E-state index contributed by atoms with van der Waals surface area (Å²) in [5, 5.41) is 20.0. The number of halogens is 2. The van der Waals surface area contributed by atoms with Crippen LogP contribution >= 0.6 is 24.8 Å². The van der Waals surface area contributed by atoms with E-state index in [0.717, 1.165) is 42.4 Å². The van der Waals surface area contributed by atoms with E-state index in [-0.39, 0.29) is 24.8 Å². The number of hydrogen-bond acceptors (Lipinski definition) is 5. The van der Waals surface area contributed by atoms with Crippen LogP contribution in [0.25, 0.3) is 21.8 Å². The van der Waals surface area contributed by atoms with E-state index in [9.17, 15) is 5.11 Å². The first-order valence-electron chi connectivity index (χ1n) is 13.7. The molecule has 0 saturated heterocycles. The second-order valence-electron chi connectivity index (χ2n) is 10.0. The highest BCUT2D eigenvalue weighted by Crippen LogP contribution is 2.33. The smallest absolute Gasteiger partial charge is 0.146 e. The molecule has 0 saturated carbocycles. The summed E-state index contributed by atoms with van der Waals surface area (Å²) >= 11 is 0. The van der Waals surface area contributed by atoms with Crippen molar-refractivity contribution < 1.29 is 5.11 Å². The Hall–Kier alpha value is -2.60. The lowest BCUT2D eigenvalue weighted by Gasteiger charge is -2.21. The number of hydrogen-bond donors (Lipinski definition) is 3. The molecule has 2 heterocycles. The van der Waals surface area contributed by atoms with Gasteiger partial charge in [0.1, 0.15) is 11.3 Å². The number of fused-ring (bicyclic) bond motifs is 3. The standard InChI is InChI=1S/C31H38N4O.2ClH/c36-31-24(18-17-23-12-11-21-33-29(23)31)22-32-19-9-3-1-2-4-10-20-34-30-25-13-5-7-15-27(25)35-28-16-8-6-14-26(28)30;;/h5,7,11-13,15,17-18,21,32,36H,1-4,6,8-10,14,16,19-20,22H2,(H,34,35);2*1H. The lowest BCUT2D eigenvalue weighted by atomic mass is 9.92. The number of aromatic hydroxyl groups is 1. The first-order valence-corrected chi connectivity index (χ1v) is 13.7. The van der Waals surface area contributed by atoms with E-state index in [2.05, 4.69) is 39.9 Å². The van der Waals surface area contributed by atoms with Gasteiger partial charge in [0.25, 0.3) is 0 Å². The van der Waals surface area contributed by atoms with Crippen molar-refractivity contribution in [1.29, 1.82) is 0 Å². The Kier molecular flexibility index (Phi) is 11.9. The van der Waals surface area contributed by atoms with Gasteiger partial charge in [-0.2, -0.15) is 0 Å². The van der Waals surface area contributed by atoms with Crippen LogP contribution in [0.1, 0.15) is 68.2 Å². The molecule has 0 bridgehead atoms. The van der Waals surface area contributed by atoms with Gasteiger partial charge in [-0.3, -0.25) is 9.97 Å². The monoisotopic (exact) mass is 554 g/mol. The van der Waals surface area contributed by atoms with Gasteiger partial charge >= 0.3 is 0 Å². The lowest BCUT2D eigenvalue weighted by Crippen LogP contribution is -2.14. The van der Waals surface area contributed by atoms with E-state index >= 15 is 0 Å². The number of phenolic OH excluding ortho intramolecular Hbond substituents is 1. The number of rotatable bonds is 12. The Bertz CT molecular complexity index is 1310. The van der Waals surface area contributed by atoms with Gasteiger partial charge in [-0.05, 0) is 62.8 Å². The molecule has 2 aromatic carbocycles. The quantitative estimate of drug-likeness (QED) is 0.156. The van der Waals surface area contributed by atoms with Crippen molar-refractivity contribution >= 4 is 52.3 Å². The molecule has 5 rings (SSSR count). The average Bonchev–Trinajstić information content (AvgIpc) is 2.92. The summed E-state index contributed by atoms with van der Waals surface area (Å²) in [7, 11) is 0. The molecule has 0 atom stereocenters. The lowest BCUT2D eigenvalue weighted by molar-refractivity contribution is 0.468. The second-order valence-corrected chi connectivity index (χ2v) is 10.0. The minimum Gasteiger partial charge on any atom is -0.505 e. The van der Waals surface area contributed by atoms with Crippen molar-refractivity contribution in [2.75, 3.05) is 18.4 Å². The fraction of sp³-hybridized carbons (Fsp3) is 0.419. The van der Waals surface area contributed by atoms with Gasteiger partial charge in [-0.15, -0.1) is 24.8 Å². The SMILES string of the molecule is Cl.Cl.Oc1c(CNCCCCCCCCNc2c3c(nc4ccccc24)CCCC3)ccc2cccnc12. The largest absolute Gasteiger partial charge is 0.505 e. The van der Waals surface area contributed by atoms with E-state index < -0.39 is 0 Å². The molecular weight excluding hydrogens is 515 g/mol. The van der Waals surface area contributed by atoms with Crippen LogP contribution in [0.2, 0.25) is 0 Å². The summed E-state index contributed by atoms with van der Waals surface area (Å²) in [4.78, 5) is 9.25. The van der Waals surface area contributed by atoms with Gasteiger partial charge in [-0.25, -0.2) is 0 Å². The summed E-state index contributed by atoms with van der Waals surface area (Å²) in [5.74, 6) is 0.300. The summed E-state index contributed by atoms with van der Waals surface area (Å²) in [6.07, 6.45) is 14.0. The first kappa shape index (κ1) is 29.9. The molecule has 0 radical (unpaired) electrons. The Balaban J connectivity index is 0.00000200. The average molecular weight is 556 g/mol. The van der Waals surface area contributed by atoms with E-state index in [1.165, 1.54) is 73.7 Å². The zero-order valence-corrected chi connectivity index (χ0v) is 23.7. The van der Waals surface area contributed by atoms with Crippen LogP contribution in [0.4, 0.5) is 5.69 Å². The van der Waals surface area contributed by atoms with Gasteiger partial charge in [0.05, 0.1) is 5.52 Å². The van der Waals surface area contributed by atoms with Crippen molar-refractivity contribution in [1.82, 2.24) is 15.3 Å². The van der Waals surface area contributed by atoms with Gasteiger partial charge in [0.2, 0.25) is 0 Å². The zero-order valence-electron chi connectivity index (χ0n) is 22.0. The van der Waals surface area contributed by atoms with E-state index in [1.807, 2.05) is 24.3 Å². The maximum absolute atomic E-state index is 10.5. The van der Waals surface area contributed by atoms with Crippen molar-refractivity contribution in [3.63, 3.8) is 0 Å². The maximum Gasteiger partial charge on any atom is 0.146 e. The topological polar surface area (TPSA) is 70.1 Å². The summed E-state index contributed by atoms with van der Waals surface area (Å²) < 4.78 is 0. The number of aryl methyl sites for hydroxylation is 1.